The Kier molecular flexibility index (Phi) is 11.6. The predicted octanol–water partition coefficient (Wildman–Crippen LogP) is 6.85. The summed E-state index contributed by atoms with van der Waals surface area (Å²) >= 11 is 6.22. The Morgan fingerprint density at radius 3 is 2.20 bits per heavy atom. The lowest BCUT2D eigenvalue weighted by atomic mass is 10.0. The van der Waals surface area contributed by atoms with E-state index in [2.05, 4.69) is 5.32 Å². The molecule has 2 amide bonds. The maximum Gasteiger partial charge on any atom is 0.264 e. The highest BCUT2D eigenvalue weighted by atomic mass is 35.5. The standard InChI is InChI=1S/C36H39ClFN3O4S/c1-5-27(4)39-36(43)34(22-28-11-7-6-8-12-28)40(23-29-13-9-10-14-32(29)38)35(42)24-41(33-20-17-30(37)21-26(33)3)46(44,45)31-18-15-25(2)16-19-31/h6-21,27,34H,5,22-24H2,1-4H3,(H,39,43)/t27-,34-/m0/s1. The molecule has 4 rings (SSSR count). The predicted molar refractivity (Wildman–Crippen MR) is 181 cm³/mol. The van der Waals surface area contributed by atoms with Crippen LogP contribution in [-0.4, -0.2) is 43.8 Å². The molecule has 0 saturated carbocycles. The van der Waals surface area contributed by atoms with Gasteiger partial charge in [-0.2, -0.15) is 0 Å². The summed E-state index contributed by atoms with van der Waals surface area (Å²) in [6, 6.07) is 25.0. The summed E-state index contributed by atoms with van der Waals surface area (Å²) in [5, 5.41) is 3.38. The minimum atomic E-state index is -4.28. The van der Waals surface area contributed by atoms with Gasteiger partial charge < -0.3 is 10.2 Å². The van der Waals surface area contributed by atoms with Crippen molar-refractivity contribution in [3.8, 4) is 0 Å². The van der Waals surface area contributed by atoms with Crippen LogP contribution in [0.3, 0.4) is 0 Å². The molecule has 0 unspecified atom stereocenters. The molecule has 0 spiro atoms. The molecule has 4 aromatic rings. The van der Waals surface area contributed by atoms with Crippen molar-refractivity contribution in [1.82, 2.24) is 10.2 Å². The van der Waals surface area contributed by atoms with Gasteiger partial charge in [-0.1, -0.05) is 84.8 Å². The Balaban J connectivity index is 1.84. The fourth-order valence-electron chi connectivity index (χ4n) is 5.05. The number of hydrogen-bond acceptors (Lipinski definition) is 4. The number of anilines is 1. The smallest absolute Gasteiger partial charge is 0.264 e. The first-order chi connectivity index (χ1) is 21.9. The highest BCUT2D eigenvalue weighted by Gasteiger charge is 2.35. The van der Waals surface area contributed by atoms with Crippen molar-refractivity contribution in [3.63, 3.8) is 0 Å². The Morgan fingerprint density at radius 1 is 0.913 bits per heavy atom. The van der Waals surface area contributed by atoms with Crippen molar-refractivity contribution in [2.24, 2.45) is 0 Å². The van der Waals surface area contributed by atoms with Crippen LogP contribution in [0.2, 0.25) is 5.02 Å². The fourth-order valence-corrected chi connectivity index (χ4v) is 6.76. The zero-order chi connectivity index (χ0) is 33.4. The summed E-state index contributed by atoms with van der Waals surface area (Å²) in [5.74, 6) is -1.63. The number of hydrogen-bond donors (Lipinski definition) is 1. The van der Waals surface area contributed by atoms with Crippen LogP contribution < -0.4 is 9.62 Å². The first-order valence-electron chi connectivity index (χ1n) is 15.1. The Labute approximate surface area is 276 Å². The van der Waals surface area contributed by atoms with Gasteiger partial charge in [-0.25, -0.2) is 12.8 Å². The van der Waals surface area contributed by atoms with E-state index in [4.69, 9.17) is 11.6 Å². The van der Waals surface area contributed by atoms with Crippen molar-refractivity contribution in [1.29, 1.82) is 0 Å². The van der Waals surface area contributed by atoms with E-state index in [-0.39, 0.29) is 35.2 Å². The first kappa shape index (κ1) is 34.7. The molecule has 0 aromatic heterocycles. The van der Waals surface area contributed by atoms with Gasteiger partial charge in [-0.3, -0.25) is 13.9 Å². The van der Waals surface area contributed by atoms with E-state index in [1.165, 1.54) is 23.1 Å². The topological polar surface area (TPSA) is 86.8 Å². The summed E-state index contributed by atoms with van der Waals surface area (Å²) in [7, 11) is -4.28. The van der Waals surface area contributed by atoms with Crippen LogP contribution in [0.4, 0.5) is 10.1 Å². The van der Waals surface area contributed by atoms with Crippen molar-refractivity contribution < 1.29 is 22.4 Å². The summed E-state index contributed by atoms with van der Waals surface area (Å²) in [6.45, 7) is 6.45. The molecule has 0 aliphatic heterocycles. The molecule has 10 heteroatoms. The Morgan fingerprint density at radius 2 is 1.57 bits per heavy atom. The summed E-state index contributed by atoms with van der Waals surface area (Å²) in [4.78, 5) is 29.7. The van der Waals surface area contributed by atoms with E-state index in [0.717, 1.165) is 15.4 Å². The number of amides is 2. The third kappa shape index (κ3) is 8.53. The van der Waals surface area contributed by atoms with Crippen LogP contribution in [0, 0.1) is 19.7 Å². The lowest BCUT2D eigenvalue weighted by Crippen LogP contribution is -2.54. The Bertz CT molecular complexity index is 1770. The number of sulfonamides is 1. The second-order valence-corrected chi connectivity index (χ2v) is 13.7. The molecule has 4 aromatic carbocycles. The number of carbonyl (C=O) groups excluding carboxylic acids is 2. The van der Waals surface area contributed by atoms with E-state index in [0.29, 0.717) is 17.0 Å². The highest BCUT2D eigenvalue weighted by molar-refractivity contribution is 7.92. The van der Waals surface area contributed by atoms with Crippen molar-refractivity contribution in [3.05, 3.63) is 130 Å². The minimum absolute atomic E-state index is 0.00347. The molecule has 7 nitrogen and oxygen atoms in total. The largest absolute Gasteiger partial charge is 0.352 e. The van der Waals surface area contributed by atoms with Gasteiger partial charge in [-0.15, -0.1) is 0 Å². The number of halogens is 2. The van der Waals surface area contributed by atoms with Gasteiger partial charge in [0.1, 0.15) is 18.4 Å². The number of nitrogens with zero attached hydrogens (tertiary/aromatic N) is 2. The van der Waals surface area contributed by atoms with Crippen LogP contribution in [0.25, 0.3) is 0 Å². The van der Waals surface area contributed by atoms with Crippen LogP contribution in [-0.2, 0) is 32.6 Å². The molecule has 0 aliphatic carbocycles. The summed E-state index contributed by atoms with van der Waals surface area (Å²) < 4.78 is 44.5. The summed E-state index contributed by atoms with van der Waals surface area (Å²) in [5.41, 5.74) is 2.65. The highest BCUT2D eigenvalue weighted by Crippen LogP contribution is 2.30. The van der Waals surface area contributed by atoms with Crippen LogP contribution in [0.5, 0.6) is 0 Å². The number of carbonyl (C=O) groups is 2. The third-order valence-electron chi connectivity index (χ3n) is 7.89. The Hall–Kier alpha value is -4.21. The van der Waals surface area contributed by atoms with Gasteiger partial charge in [-0.05, 0) is 74.7 Å². The van der Waals surface area contributed by atoms with E-state index in [9.17, 15) is 18.0 Å². The van der Waals surface area contributed by atoms with Crippen LogP contribution in [0.1, 0.15) is 42.5 Å². The zero-order valence-corrected chi connectivity index (χ0v) is 28.0. The van der Waals surface area contributed by atoms with Gasteiger partial charge >= 0.3 is 0 Å². The van der Waals surface area contributed by atoms with E-state index >= 15 is 4.39 Å². The second kappa shape index (κ2) is 15.4. The van der Waals surface area contributed by atoms with E-state index < -0.39 is 40.2 Å². The van der Waals surface area contributed by atoms with Gasteiger partial charge in [0.25, 0.3) is 10.0 Å². The molecule has 1 N–H and O–H groups in total. The maximum atomic E-state index is 15.1. The molecular weight excluding hydrogens is 625 g/mol. The van der Waals surface area contributed by atoms with Crippen LogP contribution in [0.15, 0.2) is 102 Å². The number of nitrogens with one attached hydrogen (secondary N) is 1. The maximum absolute atomic E-state index is 15.1. The summed E-state index contributed by atoms with van der Waals surface area (Å²) in [6.07, 6.45) is 0.789. The third-order valence-corrected chi connectivity index (χ3v) is 9.90. The van der Waals surface area contributed by atoms with Gasteiger partial charge in [0.2, 0.25) is 11.8 Å². The van der Waals surface area contributed by atoms with E-state index in [1.807, 2.05) is 51.1 Å². The monoisotopic (exact) mass is 663 g/mol. The van der Waals surface area contributed by atoms with Crippen molar-refractivity contribution in [2.75, 3.05) is 10.8 Å². The minimum Gasteiger partial charge on any atom is -0.352 e. The number of aryl methyl sites for hydroxylation is 2. The second-order valence-electron chi connectivity index (χ2n) is 11.4. The molecular formula is C36H39ClFN3O4S. The normalized spacial score (nSPS) is 12.7. The molecule has 0 bridgehead atoms. The molecule has 2 atom stereocenters. The number of rotatable bonds is 13. The molecule has 0 radical (unpaired) electrons. The lowest BCUT2D eigenvalue weighted by molar-refractivity contribution is -0.140. The quantitative estimate of drug-likeness (QED) is 0.170. The zero-order valence-electron chi connectivity index (χ0n) is 26.4. The van der Waals surface area contributed by atoms with Gasteiger partial charge in [0.05, 0.1) is 10.6 Å². The molecule has 242 valence electrons. The SMILES string of the molecule is CC[C@H](C)NC(=O)[C@H](Cc1ccccc1)N(Cc1ccccc1F)C(=O)CN(c1ccc(Cl)cc1C)S(=O)(=O)c1ccc(C)cc1. The van der Waals surface area contributed by atoms with Crippen molar-refractivity contribution >= 4 is 39.1 Å². The van der Waals surface area contributed by atoms with Crippen molar-refractivity contribution in [2.45, 2.75) is 64.1 Å². The first-order valence-corrected chi connectivity index (χ1v) is 16.9. The molecule has 0 heterocycles. The molecule has 46 heavy (non-hydrogen) atoms. The van der Waals surface area contributed by atoms with Gasteiger partial charge in [0.15, 0.2) is 0 Å². The molecule has 0 saturated heterocycles. The average molecular weight is 664 g/mol. The van der Waals surface area contributed by atoms with Crippen LogP contribution >= 0.6 is 11.6 Å². The molecule has 0 aliphatic rings. The molecule has 0 fully saturated rings. The fraction of sp³-hybridized carbons (Fsp3) is 0.278. The van der Waals surface area contributed by atoms with Gasteiger partial charge in [0, 0.05) is 29.6 Å². The van der Waals surface area contributed by atoms with E-state index in [1.54, 1.807) is 55.5 Å². The average Bonchev–Trinajstić information content (AvgIpc) is 3.03. The number of benzene rings is 4. The lowest BCUT2D eigenvalue weighted by Gasteiger charge is -2.34.